The van der Waals surface area contributed by atoms with Crippen molar-refractivity contribution in [3.8, 4) is 0 Å². The molecule has 0 aliphatic rings. The van der Waals surface area contributed by atoms with Crippen molar-refractivity contribution in [1.82, 2.24) is 0 Å². The molecule has 0 aromatic rings. The smallest absolute Gasteiger partial charge is 0.306 e. The first-order valence-electron chi connectivity index (χ1n) is 28.4. The van der Waals surface area contributed by atoms with Gasteiger partial charge in [-0.2, -0.15) is 0 Å². The number of unbranched alkanes of at least 4 members (excludes halogenated alkanes) is 21. The van der Waals surface area contributed by atoms with Gasteiger partial charge in [0.15, 0.2) is 6.10 Å². The van der Waals surface area contributed by atoms with E-state index in [-0.39, 0.29) is 37.5 Å². The lowest BCUT2D eigenvalue weighted by Gasteiger charge is -2.18. The Bertz CT molecular complexity index is 1420. The Hall–Kier alpha value is -3.93. The van der Waals surface area contributed by atoms with E-state index in [2.05, 4.69) is 130 Å². The summed E-state index contributed by atoms with van der Waals surface area (Å²) in [6, 6.07) is 0. The van der Waals surface area contributed by atoms with Crippen LogP contribution in [0, 0.1) is 0 Å². The van der Waals surface area contributed by atoms with Crippen LogP contribution >= 0.6 is 0 Å². The van der Waals surface area contributed by atoms with Gasteiger partial charge >= 0.3 is 17.9 Å². The highest BCUT2D eigenvalue weighted by Gasteiger charge is 2.19. The van der Waals surface area contributed by atoms with E-state index >= 15 is 0 Å². The summed E-state index contributed by atoms with van der Waals surface area (Å²) in [5, 5.41) is 0. The van der Waals surface area contributed by atoms with Gasteiger partial charge in [0.25, 0.3) is 0 Å². The Morgan fingerprint density at radius 2 is 0.580 bits per heavy atom. The maximum absolute atomic E-state index is 12.8. The van der Waals surface area contributed by atoms with E-state index < -0.39 is 6.10 Å². The summed E-state index contributed by atoms with van der Waals surface area (Å²) in [7, 11) is 0. The second kappa shape index (κ2) is 56.7. The summed E-state index contributed by atoms with van der Waals surface area (Å²) < 4.78 is 16.8. The lowest BCUT2D eigenvalue weighted by Crippen LogP contribution is -2.30. The molecule has 0 saturated carbocycles. The predicted molar refractivity (Wildman–Crippen MR) is 297 cm³/mol. The molecule has 392 valence electrons. The summed E-state index contributed by atoms with van der Waals surface area (Å²) in [5.74, 6) is -0.986. The standard InChI is InChI=1S/C63H104O6/c1-4-7-10-13-16-19-22-25-28-30-31-33-35-38-41-44-47-50-53-56-62(65)68-59-60(58-67-61(64)55-52-49-46-43-40-37-34-27-24-21-18-15-12-9-6-3)69-63(66)57-54-51-48-45-42-39-36-32-29-26-23-20-17-14-11-8-5-2/h8,11,16-21,25-29,34,36,39,45,48,60H,4-7,9-10,12-15,22-24,30-33,35,37-38,40-44,46-47,49-59H2,1-3H3/b11-8-,19-16-,20-17-,21-18-,28-25-,29-26-,34-27-,39-36-,48-45-/t60-/m0/s1. The number of hydrogen-bond acceptors (Lipinski definition) is 6. The molecule has 0 unspecified atom stereocenters. The fourth-order valence-electron chi connectivity index (χ4n) is 7.48. The molecule has 0 bridgehead atoms. The molecule has 6 nitrogen and oxygen atoms in total. The van der Waals surface area contributed by atoms with Gasteiger partial charge in [-0.05, 0) is 122 Å². The normalized spacial score (nSPS) is 12.9. The number of carbonyl (C=O) groups excluding carboxylic acids is 3. The van der Waals surface area contributed by atoms with Gasteiger partial charge in [0.2, 0.25) is 0 Å². The van der Waals surface area contributed by atoms with E-state index in [9.17, 15) is 14.4 Å². The summed E-state index contributed by atoms with van der Waals surface area (Å²) in [5.41, 5.74) is 0. The maximum Gasteiger partial charge on any atom is 0.306 e. The van der Waals surface area contributed by atoms with Gasteiger partial charge in [0.1, 0.15) is 13.2 Å². The number of ether oxygens (including phenoxy) is 3. The van der Waals surface area contributed by atoms with Crippen LogP contribution < -0.4 is 0 Å². The lowest BCUT2D eigenvalue weighted by molar-refractivity contribution is -0.167. The van der Waals surface area contributed by atoms with Crippen molar-refractivity contribution in [2.45, 2.75) is 258 Å². The predicted octanol–water partition coefficient (Wildman–Crippen LogP) is 19.1. The van der Waals surface area contributed by atoms with Crippen LogP contribution in [0.4, 0.5) is 0 Å². The lowest BCUT2D eigenvalue weighted by atomic mass is 10.1. The van der Waals surface area contributed by atoms with Crippen molar-refractivity contribution >= 4 is 17.9 Å². The number of rotatable bonds is 50. The minimum atomic E-state index is -0.818. The monoisotopic (exact) mass is 957 g/mol. The molecule has 0 aromatic carbocycles. The SMILES string of the molecule is CC/C=C\C/C=C\C/C=C\C/C=C\C/C=C\CCCC(=O)O[C@@H](COC(=O)CCCCCCC/C=C\C/C=C\CCCCC)COC(=O)CCCCCCCCCCC/C=C\C/C=C\CCCCC. The van der Waals surface area contributed by atoms with Crippen molar-refractivity contribution in [2.24, 2.45) is 0 Å². The third kappa shape index (κ3) is 54.9. The zero-order valence-corrected chi connectivity index (χ0v) is 44.8. The first-order chi connectivity index (χ1) is 34.0. The molecule has 0 saturated heterocycles. The fourth-order valence-corrected chi connectivity index (χ4v) is 7.48. The van der Waals surface area contributed by atoms with Crippen molar-refractivity contribution < 1.29 is 28.6 Å². The van der Waals surface area contributed by atoms with Gasteiger partial charge in [-0.15, -0.1) is 0 Å². The number of carbonyl (C=O) groups is 3. The highest BCUT2D eigenvalue weighted by Crippen LogP contribution is 2.14. The minimum absolute atomic E-state index is 0.109. The highest BCUT2D eigenvalue weighted by atomic mass is 16.6. The van der Waals surface area contributed by atoms with E-state index in [1.807, 2.05) is 0 Å². The molecule has 0 heterocycles. The van der Waals surface area contributed by atoms with Crippen LogP contribution in [-0.2, 0) is 28.6 Å². The van der Waals surface area contributed by atoms with Gasteiger partial charge in [0, 0.05) is 19.3 Å². The largest absolute Gasteiger partial charge is 0.462 e. The van der Waals surface area contributed by atoms with Crippen molar-refractivity contribution in [3.05, 3.63) is 109 Å². The van der Waals surface area contributed by atoms with Crippen LogP contribution in [0.2, 0.25) is 0 Å². The molecule has 6 heteroatoms. The second-order valence-corrected chi connectivity index (χ2v) is 18.5. The molecule has 0 rings (SSSR count). The highest BCUT2D eigenvalue weighted by molar-refractivity contribution is 5.71. The Balaban J connectivity index is 4.50. The summed E-state index contributed by atoms with van der Waals surface area (Å²) in [4.78, 5) is 38.1. The van der Waals surface area contributed by atoms with Gasteiger partial charge in [-0.3, -0.25) is 14.4 Å². The third-order valence-electron chi connectivity index (χ3n) is 11.7. The molecule has 0 radical (unpaired) electrons. The molecule has 69 heavy (non-hydrogen) atoms. The average Bonchev–Trinajstić information content (AvgIpc) is 3.35. The van der Waals surface area contributed by atoms with E-state index in [0.29, 0.717) is 19.3 Å². The Morgan fingerprint density at radius 3 is 0.928 bits per heavy atom. The second-order valence-electron chi connectivity index (χ2n) is 18.5. The van der Waals surface area contributed by atoms with E-state index in [1.165, 1.54) is 96.3 Å². The molecule has 1 atom stereocenters. The topological polar surface area (TPSA) is 78.9 Å². The maximum atomic E-state index is 12.8. The molecule has 0 amide bonds. The summed E-state index contributed by atoms with van der Waals surface area (Å²) in [6.45, 7) is 6.41. The van der Waals surface area contributed by atoms with Crippen LogP contribution in [0.3, 0.4) is 0 Å². The summed E-state index contributed by atoms with van der Waals surface area (Å²) >= 11 is 0. The van der Waals surface area contributed by atoms with E-state index in [0.717, 1.165) is 109 Å². The molecule has 0 fully saturated rings. The molecule has 0 aromatic heterocycles. The van der Waals surface area contributed by atoms with Crippen LogP contribution in [0.5, 0.6) is 0 Å². The molecule has 0 N–H and O–H groups in total. The van der Waals surface area contributed by atoms with E-state index in [1.54, 1.807) is 0 Å². The van der Waals surface area contributed by atoms with Gasteiger partial charge in [0.05, 0.1) is 0 Å². The number of esters is 3. The Kier molecular flexibility index (Phi) is 53.4. The van der Waals surface area contributed by atoms with Crippen molar-refractivity contribution in [2.75, 3.05) is 13.2 Å². The molecular weight excluding hydrogens is 853 g/mol. The van der Waals surface area contributed by atoms with Crippen LogP contribution in [-0.4, -0.2) is 37.2 Å². The Morgan fingerprint density at radius 1 is 0.304 bits per heavy atom. The molecule has 0 aliphatic heterocycles. The van der Waals surface area contributed by atoms with Crippen molar-refractivity contribution in [1.29, 1.82) is 0 Å². The van der Waals surface area contributed by atoms with Crippen LogP contribution in [0.1, 0.15) is 252 Å². The first-order valence-corrected chi connectivity index (χ1v) is 28.4. The van der Waals surface area contributed by atoms with Gasteiger partial charge < -0.3 is 14.2 Å². The number of hydrogen-bond donors (Lipinski definition) is 0. The van der Waals surface area contributed by atoms with Gasteiger partial charge in [-0.1, -0.05) is 220 Å². The van der Waals surface area contributed by atoms with Gasteiger partial charge in [-0.25, -0.2) is 0 Å². The first kappa shape index (κ1) is 65.1. The van der Waals surface area contributed by atoms with E-state index in [4.69, 9.17) is 14.2 Å². The third-order valence-corrected chi connectivity index (χ3v) is 11.7. The molecule has 0 aliphatic carbocycles. The van der Waals surface area contributed by atoms with Crippen molar-refractivity contribution in [3.63, 3.8) is 0 Å². The minimum Gasteiger partial charge on any atom is -0.462 e. The van der Waals surface area contributed by atoms with Crippen LogP contribution in [0.25, 0.3) is 0 Å². The number of allylic oxidation sites excluding steroid dienone is 18. The molecular formula is C63H104O6. The Labute approximate surface area is 425 Å². The quantitative estimate of drug-likeness (QED) is 0.0262. The zero-order valence-electron chi connectivity index (χ0n) is 44.8. The summed E-state index contributed by atoms with van der Waals surface area (Å²) in [6.07, 6.45) is 76.5. The average molecular weight is 958 g/mol. The molecule has 0 spiro atoms. The zero-order chi connectivity index (χ0) is 50.0. The fraction of sp³-hybridized carbons (Fsp3) is 0.667. The van der Waals surface area contributed by atoms with Crippen LogP contribution in [0.15, 0.2) is 109 Å².